The third-order valence-electron chi connectivity index (χ3n) is 2.54. The number of nitrogens with zero attached hydrogens (tertiary/aromatic N) is 1. The van der Waals surface area contributed by atoms with E-state index in [1.165, 1.54) is 11.3 Å². The van der Waals surface area contributed by atoms with E-state index in [4.69, 9.17) is 0 Å². The lowest BCUT2D eigenvalue weighted by Gasteiger charge is -2.19. The summed E-state index contributed by atoms with van der Waals surface area (Å²) >= 11 is 4.66. The van der Waals surface area contributed by atoms with Crippen LogP contribution in [0.2, 0.25) is 0 Å². The summed E-state index contributed by atoms with van der Waals surface area (Å²) in [5, 5.41) is 0.688. The summed E-state index contributed by atoms with van der Waals surface area (Å²) in [6.07, 6.45) is 1.99. The standard InChI is InChI=1S/C10H14BrNO2S2/c1-8-2-5-10(15-8)16(13,14)12(7-6-11)9-3-4-9/h2,5,9H,3-4,6-7H2,1H3. The van der Waals surface area contributed by atoms with Gasteiger partial charge in [0, 0.05) is 22.8 Å². The smallest absolute Gasteiger partial charge is 0.206 e. The van der Waals surface area contributed by atoms with Crippen molar-refractivity contribution in [1.82, 2.24) is 4.31 Å². The number of alkyl halides is 1. The molecule has 0 amide bonds. The van der Waals surface area contributed by atoms with E-state index >= 15 is 0 Å². The Morgan fingerprint density at radius 3 is 2.62 bits per heavy atom. The summed E-state index contributed by atoms with van der Waals surface area (Å²) in [7, 11) is -3.26. The molecule has 0 unspecified atom stereocenters. The first kappa shape index (κ1) is 12.5. The second-order valence-corrected chi connectivity index (χ2v) is 8.10. The van der Waals surface area contributed by atoms with Gasteiger partial charge in [0.1, 0.15) is 4.21 Å². The van der Waals surface area contributed by atoms with Crippen LogP contribution in [0.15, 0.2) is 16.3 Å². The fraction of sp³-hybridized carbons (Fsp3) is 0.600. The highest BCUT2D eigenvalue weighted by atomic mass is 79.9. The maximum Gasteiger partial charge on any atom is 0.252 e. The zero-order chi connectivity index (χ0) is 11.8. The predicted molar refractivity (Wildman–Crippen MR) is 69.8 cm³/mol. The van der Waals surface area contributed by atoms with Crippen LogP contribution in [0.25, 0.3) is 0 Å². The quantitative estimate of drug-likeness (QED) is 0.781. The van der Waals surface area contributed by atoms with Crippen molar-refractivity contribution in [2.75, 3.05) is 11.9 Å². The van der Waals surface area contributed by atoms with Gasteiger partial charge in [0.05, 0.1) is 0 Å². The highest BCUT2D eigenvalue weighted by molar-refractivity contribution is 9.09. The number of hydrogen-bond acceptors (Lipinski definition) is 3. The van der Waals surface area contributed by atoms with Crippen LogP contribution in [0, 0.1) is 6.92 Å². The lowest BCUT2D eigenvalue weighted by atomic mass is 10.5. The molecule has 1 aromatic rings. The average Bonchev–Trinajstić information content (AvgIpc) is 2.96. The van der Waals surface area contributed by atoms with E-state index in [2.05, 4.69) is 15.9 Å². The Morgan fingerprint density at radius 2 is 2.19 bits per heavy atom. The molecule has 0 N–H and O–H groups in total. The minimum atomic E-state index is -3.26. The third-order valence-corrected chi connectivity index (χ3v) is 6.31. The average molecular weight is 324 g/mol. The van der Waals surface area contributed by atoms with Crippen LogP contribution in [0.3, 0.4) is 0 Å². The summed E-state index contributed by atoms with van der Waals surface area (Å²) in [5.41, 5.74) is 0. The lowest BCUT2D eigenvalue weighted by Crippen LogP contribution is -2.34. The van der Waals surface area contributed by atoms with Crippen molar-refractivity contribution in [3.63, 3.8) is 0 Å². The number of aryl methyl sites for hydroxylation is 1. The Kier molecular flexibility index (Phi) is 3.73. The molecular formula is C10H14BrNO2S2. The van der Waals surface area contributed by atoms with E-state index in [0.717, 1.165) is 17.7 Å². The van der Waals surface area contributed by atoms with Crippen molar-refractivity contribution in [3.05, 3.63) is 17.0 Å². The Morgan fingerprint density at radius 1 is 1.50 bits per heavy atom. The molecule has 0 aliphatic heterocycles. The summed E-state index contributed by atoms with van der Waals surface area (Å²) in [6.45, 7) is 2.49. The summed E-state index contributed by atoms with van der Waals surface area (Å²) in [5.74, 6) is 0. The second-order valence-electron chi connectivity index (χ2n) is 3.90. The Balaban J connectivity index is 2.28. The molecule has 1 saturated carbocycles. The molecule has 1 fully saturated rings. The molecule has 1 aliphatic rings. The van der Waals surface area contributed by atoms with Crippen molar-refractivity contribution < 1.29 is 8.42 Å². The molecule has 6 heteroatoms. The number of thiophene rings is 1. The normalized spacial score (nSPS) is 16.9. The van der Waals surface area contributed by atoms with Gasteiger partial charge in [0.15, 0.2) is 0 Å². The zero-order valence-corrected chi connectivity index (χ0v) is 12.2. The van der Waals surface area contributed by atoms with Gasteiger partial charge < -0.3 is 0 Å². The molecule has 16 heavy (non-hydrogen) atoms. The molecule has 0 aromatic carbocycles. The van der Waals surface area contributed by atoms with E-state index in [9.17, 15) is 8.42 Å². The van der Waals surface area contributed by atoms with Gasteiger partial charge in [0.25, 0.3) is 10.0 Å². The van der Waals surface area contributed by atoms with E-state index in [1.54, 1.807) is 10.4 Å². The van der Waals surface area contributed by atoms with Crippen LogP contribution in [0.5, 0.6) is 0 Å². The third kappa shape index (κ3) is 2.50. The van der Waals surface area contributed by atoms with Gasteiger partial charge in [-0.1, -0.05) is 15.9 Å². The lowest BCUT2D eigenvalue weighted by molar-refractivity contribution is 0.425. The number of hydrogen-bond donors (Lipinski definition) is 0. The van der Waals surface area contributed by atoms with Gasteiger partial charge in [-0.05, 0) is 31.9 Å². The Hall–Kier alpha value is 0.0900. The summed E-state index contributed by atoms with van der Waals surface area (Å²) in [4.78, 5) is 1.04. The van der Waals surface area contributed by atoms with Crippen molar-refractivity contribution in [2.24, 2.45) is 0 Å². The second kappa shape index (κ2) is 4.76. The summed E-state index contributed by atoms with van der Waals surface area (Å²) < 4.78 is 26.8. The highest BCUT2D eigenvalue weighted by Crippen LogP contribution is 2.34. The van der Waals surface area contributed by atoms with Crippen LogP contribution in [-0.4, -0.2) is 30.6 Å². The molecule has 0 spiro atoms. The molecule has 1 aromatic heterocycles. The van der Waals surface area contributed by atoms with E-state index < -0.39 is 10.0 Å². The fourth-order valence-corrected chi connectivity index (χ4v) is 5.33. The largest absolute Gasteiger partial charge is 0.252 e. The number of halogens is 1. The zero-order valence-electron chi connectivity index (χ0n) is 9.02. The number of rotatable bonds is 5. The van der Waals surface area contributed by atoms with Crippen molar-refractivity contribution in [2.45, 2.75) is 30.0 Å². The minimum absolute atomic E-state index is 0.227. The number of sulfonamides is 1. The van der Waals surface area contributed by atoms with Gasteiger partial charge >= 0.3 is 0 Å². The molecule has 90 valence electrons. The molecule has 0 radical (unpaired) electrons. The molecular weight excluding hydrogens is 310 g/mol. The minimum Gasteiger partial charge on any atom is -0.206 e. The molecule has 0 bridgehead atoms. The first-order chi connectivity index (χ1) is 7.55. The maximum atomic E-state index is 12.3. The van der Waals surface area contributed by atoms with E-state index in [1.807, 2.05) is 13.0 Å². The fourth-order valence-electron chi connectivity index (χ4n) is 1.61. The molecule has 0 atom stereocenters. The topological polar surface area (TPSA) is 37.4 Å². The van der Waals surface area contributed by atoms with Crippen molar-refractivity contribution >= 4 is 37.3 Å². The SMILES string of the molecule is Cc1ccc(S(=O)(=O)N(CCBr)C2CC2)s1. The molecule has 0 saturated heterocycles. The molecule has 1 heterocycles. The van der Waals surface area contributed by atoms with Gasteiger partial charge in [-0.25, -0.2) is 8.42 Å². The molecule has 3 nitrogen and oxygen atoms in total. The predicted octanol–water partition coefficient (Wildman–Crippen LogP) is 2.60. The van der Waals surface area contributed by atoms with E-state index in [-0.39, 0.29) is 6.04 Å². The first-order valence-electron chi connectivity index (χ1n) is 5.20. The van der Waals surface area contributed by atoms with Gasteiger partial charge in [-0.2, -0.15) is 4.31 Å². The van der Waals surface area contributed by atoms with Crippen molar-refractivity contribution in [1.29, 1.82) is 0 Å². The Bertz CT molecular complexity index is 465. The van der Waals surface area contributed by atoms with Crippen LogP contribution >= 0.6 is 27.3 Å². The maximum absolute atomic E-state index is 12.3. The molecule has 1 aliphatic carbocycles. The molecule has 2 rings (SSSR count). The van der Waals surface area contributed by atoms with Gasteiger partial charge in [-0.3, -0.25) is 0 Å². The van der Waals surface area contributed by atoms with Gasteiger partial charge in [0.2, 0.25) is 0 Å². The highest BCUT2D eigenvalue weighted by Gasteiger charge is 2.38. The van der Waals surface area contributed by atoms with Crippen LogP contribution in [0.4, 0.5) is 0 Å². The van der Waals surface area contributed by atoms with Crippen LogP contribution in [0.1, 0.15) is 17.7 Å². The monoisotopic (exact) mass is 323 g/mol. The first-order valence-corrected chi connectivity index (χ1v) is 8.58. The Labute approximate surface area is 109 Å². The van der Waals surface area contributed by atoms with Crippen LogP contribution < -0.4 is 0 Å². The van der Waals surface area contributed by atoms with E-state index in [0.29, 0.717) is 16.1 Å². The van der Waals surface area contributed by atoms with Gasteiger partial charge in [-0.15, -0.1) is 11.3 Å². The summed E-state index contributed by atoms with van der Waals surface area (Å²) in [6, 6.07) is 3.79. The van der Waals surface area contributed by atoms with Crippen molar-refractivity contribution in [3.8, 4) is 0 Å². The van der Waals surface area contributed by atoms with Crippen LogP contribution in [-0.2, 0) is 10.0 Å².